The Morgan fingerprint density at radius 3 is 2.88 bits per heavy atom. The Kier molecular flexibility index (Phi) is 7.05. The lowest BCUT2D eigenvalue weighted by atomic mass is 10.2. The van der Waals surface area contributed by atoms with E-state index >= 15 is 0 Å². The fraction of sp³-hybridized carbons (Fsp3) is 0.143. The Hall–Kier alpha value is -2.99. The zero-order valence-electron chi connectivity index (χ0n) is 13.3. The van der Waals surface area contributed by atoms with E-state index in [4.69, 9.17) is 0 Å². The number of hydrogen-bond donors (Lipinski definition) is 3. The van der Waals surface area contributed by atoms with Gasteiger partial charge in [0, 0.05) is 24.2 Å². The third-order valence-corrected chi connectivity index (χ3v) is 4.78. The van der Waals surface area contributed by atoms with Gasteiger partial charge in [0.15, 0.2) is 4.34 Å². The van der Waals surface area contributed by atoms with Crippen LogP contribution < -0.4 is 16.2 Å². The summed E-state index contributed by atoms with van der Waals surface area (Å²) in [5.41, 5.74) is 4.30. The smallest absolute Gasteiger partial charge is 0.270 e. The van der Waals surface area contributed by atoms with Crippen LogP contribution in [0.5, 0.6) is 0 Å². The SMILES string of the molecule is C=CCNc1nnc(SCC(=O)NNC(=O)c2cccc([N+](=O)[O-])c2)s1. The fourth-order valence-corrected chi connectivity index (χ4v) is 3.18. The maximum Gasteiger partial charge on any atom is 0.270 e. The highest BCUT2D eigenvalue weighted by Gasteiger charge is 2.13. The number of thioether (sulfide) groups is 1. The molecule has 2 rings (SSSR count). The maximum atomic E-state index is 11.9. The lowest BCUT2D eigenvalue weighted by Crippen LogP contribution is -2.42. The molecule has 0 radical (unpaired) electrons. The molecule has 3 N–H and O–H groups in total. The van der Waals surface area contributed by atoms with Gasteiger partial charge in [0.05, 0.1) is 10.7 Å². The minimum absolute atomic E-state index is 0.0192. The van der Waals surface area contributed by atoms with Crippen molar-refractivity contribution >= 4 is 45.7 Å². The van der Waals surface area contributed by atoms with Gasteiger partial charge in [0.2, 0.25) is 11.0 Å². The largest absolute Gasteiger partial charge is 0.357 e. The number of hydrogen-bond acceptors (Lipinski definition) is 9. The summed E-state index contributed by atoms with van der Waals surface area (Å²) in [5.74, 6) is -1.09. The van der Waals surface area contributed by atoms with Gasteiger partial charge in [-0.25, -0.2) is 0 Å². The average molecular weight is 394 g/mol. The third kappa shape index (κ3) is 5.82. The second-order valence-corrected chi connectivity index (χ2v) is 6.84. The van der Waals surface area contributed by atoms with Crippen LogP contribution in [-0.4, -0.2) is 39.2 Å². The molecule has 12 heteroatoms. The van der Waals surface area contributed by atoms with Gasteiger partial charge in [-0.1, -0.05) is 35.2 Å². The first-order valence-electron chi connectivity index (χ1n) is 7.14. The highest BCUT2D eigenvalue weighted by molar-refractivity contribution is 8.01. The molecule has 2 amide bonds. The van der Waals surface area contributed by atoms with Crippen LogP contribution >= 0.6 is 23.1 Å². The molecule has 10 nitrogen and oxygen atoms in total. The van der Waals surface area contributed by atoms with E-state index in [9.17, 15) is 19.7 Å². The van der Waals surface area contributed by atoms with Gasteiger partial charge in [-0.15, -0.1) is 16.8 Å². The molecule has 1 aromatic carbocycles. The van der Waals surface area contributed by atoms with E-state index < -0.39 is 16.7 Å². The standard InChI is InChI=1S/C14H14N6O4S2/c1-2-6-15-13-18-19-14(26-13)25-8-11(21)16-17-12(22)9-4-3-5-10(7-9)20(23)24/h2-5,7H,1,6,8H2,(H,15,18)(H,16,21)(H,17,22). The summed E-state index contributed by atoms with van der Waals surface area (Å²) < 4.78 is 0.594. The number of amides is 2. The lowest BCUT2D eigenvalue weighted by molar-refractivity contribution is -0.384. The quantitative estimate of drug-likeness (QED) is 0.265. The molecule has 0 saturated carbocycles. The molecule has 0 fully saturated rings. The first-order valence-corrected chi connectivity index (χ1v) is 8.94. The Labute approximate surface area is 156 Å². The van der Waals surface area contributed by atoms with Crippen LogP contribution in [0.25, 0.3) is 0 Å². The summed E-state index contributed by atoms with van der Waals surface area (Å²) in [6.07, 6.45) is 1.69. The van der Waals surface area contributed by atoms with E-state index in [1.807, 2.05) is 0 Å². The number of carbonyl (C=O) groups excluding carboxylic acids is 2. The van der Waals surface area contributed by atoms with Crippen molar-refractivity contribution in [3.8, 4) is 0 Å². The minimum atomic E-state index is -0.654. The van der Waals surface area contributed by atoms with E-state index in [2.05, 4.69) is 32.9 Å². The molecule has 2 aromatic rings. The zero-order chi connectivity index (χ0) is 18.9. The van der Waals surface area contributed by atoms with Crippen molar-refractivity contribution in [3.05, 3.63) is 52.6 Å². The van der Waals surface area contributed by atoms with Crippen molar-refractivity contribution in [3.63, 3.8) is 0 Å². The van der Waals surface area contributed by atoms with Gasteiger partial charge in [0.1, 0.15) is 0 Å². The monoisotopic (exact) mass is 394 g/mol. The molecule has 0 bridgehead atoms. The van der Waals surface area contributed by atoms with Gasteiger partial charge in [-0.2, -0.15) is 0 Å². The normalized spacial score (nSPS) is 10.0. The van der Waals surface area contributed by atoms with Crippen LogP contribution in [0, 0.1) is 10.1 Å². The molecule has 0 spiro atoms. The topological polar surface area (TPSA) is 139 Å². The number of non-ortho nitro benzene ring substituents is 1. The van der Waals surface area contributed by atoms with E-state index in [1.165, 1.54) is 29.5 Å². The Balaban J connectivity index is 1.78. The summed E-state index contributed by atoms with van der Waals surface area (Å²) >= 11 is 2.45. The summed E-state index contributed by atoms with van der Waals surface area (Å²) in [5, 5.41) is 22.1. The molecule has 26 heavy (non-hydrogen) atoms. The summed E-state index contributed by atoms with van der Waals surface area (Å²) in [6, 6.07) is 5.18. The number of anilines is 1. The Morgan fingerprint density at radius 2 is 2.15 bits per heavy atom. The first-order chi connectivity index (χ1) is 12.5. The van der Waals surface area contributed by atoms with E-state index in [1.54, 1.807) is 6.08 Å². The minimum Gasteiger partial charge on any atom is -0.357 e. The number of nitro groups is 1. The van der Waals surface area contributed by atoms with Crippen LogP contribution in [-0.2, 0) is 4.79 Å². The van der Waals surface area contributed by atoms with E-state index in [0.717, 1.165) is 17.8 Å². The molecule has 0 aliphatic carbocycles. The second kappa shape index (κ2) is 9.48. The number of rotatable bonds is 8. The molecule has 1 heterocycles. The lowest BCUT2D eigenvalue weighted by Gasteiger charge is -2.06. The second-order valence-electron chi connectivity index (χ2n) is 4.64. The summed E-state index contributed by atoms with van der Waals surface area (Å²) in [6.45, 7) is 4.14. The number of aromatic nitrogens is 2. The van der Waals surface area contributed by atoms with Gasteiger partial charge in [0.25, 0.3) is 11.6 Å². The maximum absolute atomic E-state index is 11.9. The zero-order valence-corrected chi connectivity index (χ0v) is 14.9. The predicted octanol–water partition coefficient (Wildman–Crippen LogP) is 1.60. The Morgan fingerprint density at radius 1 is 1.35 bits per heavy atom. The number of benzene rings is 1. The molecule has 0 aliphatic heterocycles. The molecule has 1 aromatic heterocycles. The van der Waals surface area contributed by atoms with Gasteiger partial charge >= 0.3 is 0 Å². The molecule has 136 valence electrons. The number of nitrogens with zero attached hydrogens (tertiary/aromatic N) is 3. The van der Waals surface area contributed by atoms with Crippen LogP contribution in [0.3, 0.4) is 0 Å². The fourth-order valence-electron chi connectivity index (χ4n) is 1.62. The number of carbonyl (C=O) groups is 2. The molecule has 0 unspecified atom stereocenters. The number of hydrazine groups is 1. The highest BCUT2D eigenvalue weighted by Crippen LogP contribution is 2.24. The van der Waals surface area contributed by atoms with Gasteiger partial charge < -0.3 is 5.32 Å². The van der Waals surface area contributed by atoms with Crippen LogP contribution in [0.2, 0.25) is 0 Å². The van der Waals surface area contributed by atoms with Crippen LogP contribution in [0.1, 0.15) is 10.4 Å². The van der Waals surface area contributed by atoms with Crippen molar-refractivity contribution in [2.45, 2.75) is 4.34 Å². The van der Waals surface area contributed by atoms with E-state index in [-0.39, 0.29) is 17.0 Å². The van der Waals surface area contributed by atoms with Crippen molar-refractivity contribution in [1.29, 1.82) is 0 Å². The van der Waals surface area contributed by atoms with Crippen molar-refractivity contribution < 1.29 is 14.5 Å². The highest BCUT2D eigenvalue weighted by atomic mass is 32.2. The van der Waals surface area contributed by atoms with Gasteiger partial charge in [-0.05, 0) is 6.07 Å². The van der Waals surface area contributed by atoms with Crippen molar-refractivity contribution in [1.82, 2.24) is 21.0 Å². The van der Waals surface area contributed by atoms with Crippen LogP contribution in [0.4, 0.5) is 10.8 Å². The molecule has 0 saturated heterocycles. The number of nitro benzene ring substituents is 1. The molecule has 0 aliphatic rings. The third-order valence-electron chi connectivity index (χ3n) is 2.77. The summed E-state index contributed by atoms with van der Waals surface area (Å²) in [7, 11) is 0. The summed E-state index contributed by atoms with van der Waals surface area (Å²) in [4.78, 5) is 33.8. The van der Waals surface area contributed by atoms with Gasteiger partial charge in [-0.3, -0.25) is 30.6 Å². The van der Waals surface area contributed by atoms with E-state index in [0.29, 0.717) is 16.0 Å². The molecular weight excluding hydrogens is 380 g/mol. The predicted molar refractivity (Wildman–Crippen MR) is 98.0 cm³/mol. The van der Waals surface area contributed by atoms with Crippen molar-refractivity contribution in [2.75, 3.05) is 17.6 Å². The average Bonchev–Trinajstić information content (AvgIpc) is 3.10. The molecular formula is C14H14N6O4S2. The number of nitrogens with one attached hydrogen (secondary N) is 3. The van der Waals surface area contributed by atoms with Crippen molar-refractivity contribution in [2.24, 2.45) is 0 Å². The molecule has 0 atom stereocenters. The first kappa shape index (κ1) is 19.3. The van der Waals surface area contributed by atoms with Crippen LogP contribution in [0.15, 0.2) is 41.3 Å². The Bertz CT molecular complexity index is 825.